The minimum Gasteiger partial charge on any atom is -0.493 e. The maximum atomic E-state index is 12.1. The molecule has 0 saturated carbocycles. The van der Waals surface area contributed by atoms with Crippen molar-refractivity contribution in [2.24, 2.45) is 0 Å². The number of benzene rings is 1. The molecule has 2 rings (SSSR count). The number of amides is 1. The van der Waals surface area contributed by atoms with E-state index in [1.165, 1.54) is 11.3 Å². The number of thiazole rings is 1. The van der Waals surface area contributed by atoms with Crippen LogP contribution in [0.1, 0.15) is 30.8 Å². The molecule has 0 spiro atoms. The fraction of sp³-hybridized carbons (Fsp3) is 0.375. The Balaban J connectivity index is 2.22. The molecule has 0 fully saturated rings. The predicted octanol–water partition coefficient (Wildman–Crippen LogP) is 3.36. The van der Waals surface area contributed by atoms with Crippen molar-refractivity contribution in [2.75, 3.05) is 14.2 Å². The van der Waals surface area contributed by atoms with E-state index in [9.17, 15) is 4.79 Å². The van der Waals surface area contributed by atoms with Crippen LogP contribution < -0.4 is 14.8 Å². The summed E-state index contributed by atoms with van der Waals surface area (Å²) in [7, 11) is 3.19. The van der Waals surface area contributed by atoms with Crippen LogP contribution in [0, 0.1) is 0 Å². The van der Waals surface area contributed by atoms with Gasteiger partial charge in [-0.3, -0.25) is 4.79 Å². The van der Waals surface area contributed by atoms with Gasteiger partial charge >= 0.3 is 0 Å². The van der Waals surface area contributed by atoms with Crippen molar-refractivity contribution in [2.45, 2.75) is 26.3 Å². The van der Waals surface area contributed by atoms with Crippen molar-refractivity contribution in [3.05, 3.63) is 29.3 Å². The average Bonchev–Trinajstić information content (AvgIpc) is 3.04. The molecule has 2 aromatic rings. The Labute approximate surface area is 134 Å². The van der Waals surface area contributed by atoms with Gasteiger partial charge in [0.05, 0.1) is 14.2 Å². The van der Waals surface area contributed by atoms with Crippen LogP contribution in [-0.2, 0) is 0 Å². The molecular weight excluding hydrogens is 300 g/mol. The Morgan fingerprint density at radius 1 is 1.32 bits per heavy atom. The Morgan fingerprint density at radius 3 is 2.68 bits per heavy atom. The smallest absolute Gasteiger partial charge is 0.270 e. The van der Waals surface area contributed by atoms with Crippen LogP contribution in [0.5, 0.6) is 11.5 Å². The van der Waals surface area contributed by atoms with E-state index in [0.29, 0.717) is 17.2 Å². The first-order chi connectivity index (χ1) is 10.6. The molecule has 0 saturated heterocycles. The van der Waals surface area contributed by atoms with E-state index in [-0.39, 0.29) is 11.9 Å². The second-order valence-electron chi connectivity index (χ2n) is 4.89. The molecule has 1 amide bonds. The Hall–Kier alpha value is -2.08. The quantitative estimate of drug-likeness (QED) is 0.886. The van der Waals surface area contributed by atoms with E-state index < -0.39 is 0 Å². The molecular formula is C16H20N2O3S. The van der Waals surface area contributed by atoms with E-state index in [1.54, 1.807) is 19.6 Å². The molecule has 1 atom stereocenters. The van der Waals surface area contributed by atoms with Crippen molar-refractivity contribution >= 4 is 17.2 Å². The fourth-order valence-electron chi connectivity index (χ4n) is 1.88. The highest BCUT2D eigenvalue weighted by Crippen LogP contribution is 2.33. The molecule has 0 aliphatic rings. The average molecular weight is 320 g/mol. The summed E-state index contributed by atoms with van der Waals surface area (Å²) in [5.41, 5.74) is 1.33. The summed E-state index contributed by atoms with van der Waals surface area (Å²) >= 11 is 1.43. The standard InChI is InChI=1S/C16H20N2O3S/c1-5-10(2)17-15(19)12-9-22-16(18-12)11-6-7-13(20-3)14(8-11)21-4/h6-10H,5H2,1-4H3,(H,17,19)/t10-/m0/s1. The lowest BCUT2D eigenvalue weighted by atomic mass is 10.2. The van der Waals surface area contributed by atoms with Crippen LogP contribution in [0.2, 0.25) is 0 Å². The van der Waals surface area contributed by atoms with E-state index in [1.807, 2.05) is 32.0 Å². The normalized spacial score (nSPS) is 11.8. The van der Waals surface area contributed by atoms with E-state index in [0.717, 1.165) is 17.0 Å². The number of aromatic nitrogens is 1. The van der Waals surface area contributed by atoms with Crippen LogP contribution in [0.3, 0.4) is 0 Å². The molecule has 118 valence electrons. The number of methoxy groups -OCH3 is 2. The molecule has 22 heavy (non-hydrogen) atoms. The van der Waals surface area contributed by atoms with E-state index in [2.05, 4.69) is 10.3 Å². The first kappa shape index (κ1) is 16.3. The van der Waals surface area contributed by atoms with Gasteiger partial charge in [-0.1, -0.05) is 6.92 Å². The first-order valence-electron chi connectivity index (χ1n) is 7.07. The number of hydrogen-bond donors (Lipinski definition) is 1. The van der Waals surface area contributed by atoms with Crippen molar-refractivity contribution < 1.29 is 14.3 Å². The molecule has 0 aliphatic heterocycles. The summed E-state index contributed by atoms with van der Waals surface area (Å²) in [5.74, 6) is 1.16. The summed E-state index contributed by atoms with van der Waals surface area (Å²) in [6.45, 7) is 4.00. The molecule has 0 unspecified atom stereocenters. The van der Waals surface area contributed by atoms with E-state index >= 15 is 0 Å². The zero-order chi connectivity index (χ0) is 16.1. The fourth-order valence-corrected chi connectivity index (χ4v) is 2.68. The molecule has 0 aliphatic carbocycles. The maximum Gasteiger partial charge on any atom is 0.270 e. The molecule has 0 bridgehead atoms. The SMILES string of the molecule is CC[C@H](C)NC(=O)c1csc(-c2ccc(OC)c(OC)c2)n1. The van der Waals surface area contributed by atoms with Crippen LogP contribution in [0.4, 0.5) is 0 Å². The minimum atomic E-state index is -0.141. The second-order valence-corrected chi connectivity index (χ2v) is 5.75. The van der Waals surface area contributed by atoms with Crippen LogP contribution in [0.25, 0.3) is 10.6 Å². The Bertz CT molecular complexity index is 655. The van der Waals surface area contributed by atoms with Gasteiger partial charge in [-0.2, -0.15) is 0 Å². The molecule has 1 heterocycles. The van der Waals surface area contributed by atoms with E-state index in [4.69, 9.17) is 9.47 Å². The molecule has 6 heteroatoms. The van der Waals surface area contributed by atoms with Crippen LogP contribution in [-0.4, -0.2) is 31.2 Å². The van der Waals surface area contributed by atoms with Gasteiger partial charge in [-0.15, -0.1) is 11.3 Å². The third-order valence-corrected chi connectivity index (χ3v) is 4.25. The van der Waals surface area contributed by atoms with Crippen molar-refractivity contribution in [1.29, 1.82) is 0 Å². The van der Waals surface area contributed by atoms with Gasteiger partial charge in [0.2, 0.25) is 0 Å². The van der Waals surface area contributed by atoms with Crippen molar-refractivity contribution in [3.63, 3.8) is 0 Å². The molecule has 5 nitrogen and oxygen atoms in total. The number of ether oxygens (including phenoxy) is 2. The van der Waals surface area contributed by atoms with Gasteiger partial charge in [0.15, 0.2) is 11.5 Å². The zero-order valence-electron chi connectivity index (χ0n) is 13.2. The summed E-state index contributed by atoms with van der Waals surface area (Å²) < 4.78 is 10.5. The molecule has 0 radical (unpaired) electrons. The number of carbonyl (C=O) groups excluding carboxylic acids is 1. The lowest BCUT2D eigenvalue weighted by Gasteiger charge is -2.09. The topological polar surface area (TPSA) is 60.5 Å². The van der Waals surface area contributed by atoms with Crippen LogP contribution >= 0.6 is 11.3 Å². The highest BCUT2D eigenvalue weighted by atomic mass is 32.1. The summed E-state index contributed by atoms with van der Waals surface area (Å²) in [6.07, 6.45) is 0.887. The van der Waals surface area contributed by atoms with Gasteiger partial charge in [-0.25, -0.2) is 4.98 Å². The summed E-state index contributed by atoms with van der Waals surface area (Å²) in [4.78, 5) is 16.5. The zero-order valence-corrected chi connectivity index (χ0v) is 14.0. The minimum absolute atomic E-state index is 0.138. The lowest BCUT2D eigenvalue weighted by Crippen LogP contribution is -2.32. The van der Waals surface area contributed by atoms with Gasteiger partial charge in [-0.05, 0) is 31.5 Å². The summed E-state index contributed by atoms with van der Waals surface area (Å²) in [5, 5.41) is 5.45. The van der Waals surface area contributed by atoms with Crippen molar-refractivity contribution in [3.8, 4) is 22.1 Å². The first-order valence-corrected chi connectivity index (χ1v) is 7.95. The van der Waals surface area contributed by atoms with Gasteiger partial charge < -0.3 is 14.8 Å². The number of nitrogens with zero attached hydrogens (tertiary/aromatic N) is 1. The second kappa shape index (κ2) is 7.26. The van der Waals surface area contributed by atoms with Crippen LogP contribution in [0.15, 0.2) is 23.6 Å². The third-order valence-electron chi connectivity index (χ3n) is 3.36. The molecule has 1 aromatic carbocycles. The Kier molecular flexibility index (Phi) is 5.38. The summed E-state index contributed by atoms with van der Waals surface area (Å²) in [6, 6.07) is 5.72. The predicted molar refractivity (Wildman–Crippen MR) is 87.9 cm³/mol. The monoisotopic (exact) mass is 320 g/mol. The number of hydrogen-bond acceptors (Lipinski definition) is 5. The third kappa shape index (κ3) is 3.57. The Morgan fingerprint density at radius 2 is 2.05 bits per heavy atom. The lowest BCUT2D eigenvalue weighted by molar-refractivity contribution is 0.0935. The van der Waals surface area contributed by atoms with Gasteiger partial charge in [0.25, 0.3) is 5.91 Å². The largest absolute Gasteiger partial charge is 0.493 e. The number of carbonyl (C=O) groups is 1. The highest BCUT2D eigenvalue weighted by Gasteiger charge is 2.14. The molecule has 1 N–H and O–H groups in total. The van der Waals surface area contributed by atoms with Gasteiger partial charge in [0, 0.05) is 17.0 Å². The van der Waals surface area contributed by atoms with Crippen molar-refractivity contribution in [1.82, 2.24) is 10.3 Å². The highest BCUT2D eigenvalue weighted by molar-refractivity contribution is 7.13. The molecule has 1 aromatic heterocycles. The maximum absolute atomic E-state index is 12.1. The number of rotatable bonds is 6. The van der Waals surface area contributed by atoms with Gasteiger partial charge in [0.1, 0.15) is 10.7 Å². The number of nitrogens with one attached hydrogen (secondary N) is 1.